The first-order valence-corrected chi connectivity index (χ1v) is 14.8. The van der Waals surface area contributed by atoms with Gasteiger partial charge in [0, 0.05) is 36.7 Å². The molecule has 2 saturated carbocycles. The summed E-state index contributed by atoms with van der Waals surface area (Å²) in [4.78, 5) is 20.3. The smallest absolute Gasteiger partial charge is 0.240 e. The summed E-state index contributed by atoms with van der Waals surface area (Å²) in [7, 11) is 0. The normalized spacial score (nSPS) is 25.6. The second-order valence-electron chi connectivity index (χ2n) is 11.8. The number of hydrogen-bond acceptors (Lipinski definition) is 5. The van der Waals surface area contributed by atoms with Crippen LogP contribution in [0.3, 0.4) is 0 Å². The predicted molar refractivity (Wildman–Crippen MR) is 147 cm³/mol. The minimum absolute atomic E-state index is 0.198. The summed E-state index contributed by atoms with van der Waals surface area (Å²) in [5.41, 5.74) is 7.49. The molecular weight excluding hydrogens is 484 g/mol. The molecule has 3 aliphatic rings. The molecule has 1 amide bonds. The molecule has 0 radical (unpaired) electrons. The molecule has 0 unspecified atom stereocenters. The van der Waals surface area contributed by atoms with Crippen molar-refractivity contribution < 1.29 is 4.79 Å². The zero-order chi connectivity index (χ0) is 25.7. The van der Waals surface area contributed by atoms with Crippen LogP contribution in [0, 0.1) is 11.3 Å². The van der Waals surface area contributed by atoms with Crippen LogP contribution in [-0.2, 0) is 17.8 Å². The van der Waals surface area contributed by atoms with Gasteiger partial charge in [-0.25, -0.2) is 4.98 Å². The van der Waals surface area contributed by atoms with Crippen LogP contribution in [0.1, 0.15) is 76.2 Å². The van der Waals surface area contributed by atoms with Crippen LogP contribution in [-0.4, -0.2) is 56.8 Å². The second-order valence-corrected chi connectivity index (χ2v) is 12.2. The lowest BCUT2D eigenvalue weighted by atomic mass is 9.63. The maximum atomic E-state index is 14.0. The number of halogens is 1. The number of nitrogens with zero attached hydrogens (tertiary/aromatic N) is 4. The number of benzene rings is 1. The molecule has 0 spiro atoms. The highest BCUT2D eigenvalue weighted by Gasteiger charge is 2.43. The Morgan fingerprint density at radius 1 is 1.05 bits per heavy atom. The number of carbonyl (C=O) groups excluding carboxylic acids is 1. The maximum absolute atomic E-state index is 14.0. The predicted octanol–water partition coefficient (Wildman–Crippen LogP) is 4.59. The van der Waals surface area contributed by atoms with E-state index in [-0.39, 0.29) is 17.4 Å². The van der Waals surface area contributed by atoms with Crippen molar-refractivity contribution in [2.75, 3.05) is 13.1 Å². The minimum atomic E-state index is -0.224. The fraction of sp³-hybridized carbons (Fsp3) is 0.690. The molecule has 1 aliphatic heterocycles. The van der Waals surface area contributed by atoms with E-state index in [0.717, 1.165) is 68.7 Å². The zero-order valence-electron chi connectivity index (χ0n) is 22.0. The Morgan fingerprint density at radius 3 is 2.41 bits per heavy atom. The Bertz CT molecular complexity index is 974. The Kier molecular flexibility index (Phi) is 8.83. The molecule has 2 aliphatic carbocycles. The van der Waals surface area contributed by atoms with E-state index < -0.39 is 0 Å². The lowest BCUT2D eigenvalue weighted by Gasteiger charge is -2.48. The van der Waals surface area contributed by atoms with Crippen molar-refractivity contribution in [3.63, 3.8) is 0 Å². The van der Waals surface area contributed by atoms with Gasteiger partial charge in [0.1, 0.15) is 12.7 Å². The quantitative estimate of drug-likeness (QED) is 0.525. The summed E-state index contributed by atoms with van der Waals surface area (Å²) in [6.07, 6.45) is 17.0. The largest absolute Gasteiger partial charge is 0.341 e. The van der Waals surface area contributed by atoms with E-state index >= 15 is 0 Å². The van der Waals surface area contributed by atoms with Crippen LogP contribution < -0.4 is 11.1 Å². The molecule has 0 bridgehead atoms. The SMILES string of the molecule is NC1CCC(N[C@@H](Cc2ccc(Cl)cc2)C(=O)N2CCC(Cn3cncn3)(C3CCCCC3)CC2)CC1. The molecule has 1 aromatic heterocycles. The van der Waals surface area contributed by atoms with Gasteiger partial charge < -0.3 is 16.0 Å². The Balaban J connectivity index is 1.28. The van der Waals surface area contributed by atoms with Gasteiger partial charge in [0.2, 0.25) is 5.91 Å². The summed E-state index contributed by atoms with van der Waals surface area (Å²) in [6.45, 7) is 2.55. The molecule has 2 aromatic rings. The van der Waals surface area contributed by atoms with Gasteiger partial charge in [-0.1, -0.05) is 43.0 Å². The van der Waals surface area contributed by atoms with Gasteiger partial charge in [0.15, 0.2) is 0 Å². The first-order chi connectivity index (χ1) is 18.0. The average Bonchev–Trinajstić information content (AvgIpc) is 3.44. The van der Waals surface area contributed by atoms with Gasteiger partial charge in [0.25, 0.3) is 0 Å². The van der Waals surface area contributed by atoms with Crippen LogP contribution in [0.2, 0.25) is 5.02 Å². The summed E-state index contributed by atoms with van der Waals surface area (Å²) < 4.78 is 2.02. The van der Waals surface area contributed by atoms with Gasteiger partial charge in [0.05, 0.1) is 6.04 Å². The summed E-state index contributed by atoms with van der Waals surface area (Å²) in [5, 5.41) is 8.93. The summed E-state index contributed by atoms with van der Waals surface area (Å²) in [5.74, 6) is 0.944. The maximum Gasteiger partial charge on any atom is 0.240 e. The van der Waals surface area contributed by atoms with Crippen LogP contribution in [0.25, 0.3) is 0 Å². The number of rotatable bonds is 8. The van der Waals surface area contributed by atoms with Crippen molar-refractivity contribution >= 4 is 17.5 Å². The molecule has 5 rings (SSSR count). The first-order valence-electron chi connectivity index (χ1n) is 14.4. The monoisotopic (exact) mass is 526 g/mol. The molecule has 3 N–H and O–H groups in total. The molecular formula is C29H43ClN6O. The molecule has 202 valence electrons. The number of hydrogen-bond donors (Lipinski definition) is 2. The molecule has 1 saturated heterocycles. The topological polar surface area (TPSA) is 89.1 Å². The highest BCUT2D eigenvalue weighted by Crippen LogP contribution is 2.47. The Hall–Kier alpha value is -1.96. The number of piperidine rings is 1. The van der Waals surface area contributed by atoms with Gasteiger partial charge in [-0.3, -0.25) is 9.48 Å². The highest BCUT2D eigenvalue weighted by atomic mass is 35.5. The van der Waals surface area contributed by atoms with Gasteiger partial charge in [-0.2, -0.15) is 5.10 Å². The molecule has 8 heteroatoms. The Morgan fingerprint density at radius 2 is 1.76 bits per heavy atom. The van der Waals surface area contributed by atoms with Crippen molar-refractivity contribution in [2.24, 2.45) is 17.1 Å². The first kappa shape index (κ1) is 26.6. The van der Waals surface area contributed by atoms with Crippen molar-refractivity contribution in [1.82, 2.24) is 25.0 Å². The van der Waals surface area contributed by atoms with Crippen molar-refractivity contribution in [3.8, 4) is 0 Å². The number of aromatic nitrogens is 3. The van der Waals surface area contributed by atoms with Crippen molar-refractivity contribution in [2.45, 2.75) is 102 Å². The third-order valence-corrected chi connectivity index (χ3v) is 9.60. The molecule has 7 nitrogen and oxygen atoms in total. The molecule has 2 heterocycles. The fourth-order valence-electron chi connectivity index (χ4n) is 7.08. The highest BCUT2D eigenvalue weighted by molar-refractivity contribution is 6.30. The third-order valence-electron chi connectivity index (χ3n) is 9.35. The summed E-state index contributed by atoms with van der Waals surface area (Å²) in [6, 6.07) is 8.34. The number of likely N-dealkylation sites (tertiary alicyclic amines) is 1. The molecule has 3 fully saturated rings. The summed E-state index contributed by atoms with van der Waals surface area (Å²) >= 11 is 6.13. The van der Waals surface area contributed by atoms with E-state index in [4.69, 9.17) is 17.3 Å². The lowest BCUT2D eigenvalue weighted by molar-refractivity contribution is -0.137. The number of carbonyl (C=O) groups is 1. The molecule has 37 heavy (non-hydrogen) atoms. The van der Waals surface area contributed by atoms with E-state index in [0.29, 0.717) is 24.4 Å². The Labute approximate surface area is 226 Å². The van der Waals surface area contributed by atoms with Crippen LogP contribution >= 0.6 is 11.6 Å². The zero-order valence-corrected chi connectivity index (χ0v) is 22.8. The lowest BCUT2D eigenvalue weighted by Crippen LogP contribution is -2.55. The fourth-order valence-corrected chi connectivity index (χ4v) is 7.21. The van der Waals surface area contributed by atoms with E-state index in [1.807, 2.05) is 35.3 Å². The number of amides is 1. The van der Waals surface area contributed by atoms with Gasteiger partial charge in [-0.05, 0) is 86.8 Å². The van der Waals surface area contributed by atoms with E-state index in [2.05, 4.69) is 20.3 Å². The van der Waals surface area contributed by atoms with Crippen LogP contribution in [0.15, 0.2) is 36.9 Å². The van der Waals surface area contributed by atoms with Crippen LogP contribution in [0.5, 0.6) is 0 Å². The molecule has 1 aromatic carbocycles. The van der Waals surface area contributed by atoms with E-state index in [1.54, 1.807) is 6.33 Å². The van der Waals surface area contributed by atoms with Crippen molar-refractivity contribution in [1.29, 1.82) is 0 Å². The number of nitrogens with one attached hydrogen (secondary N) is 1. The van der Waals surface area contributed by atoms with Crippen LogP contribution in [0.4, 0.5) is 0 Å². The minimum Gasteiger partial charge on any atom is -0.341 e. The van der Waals surface area contributed by atoms with E-state index in [9.17, 15) is 4.79 Å². The average molecular weight is 527 g/mol. The van der Waals surface area contributed by atoms with Gasteiger partial charge in [-0.15, -0.1) is 0 Å². The van der Waals surface area contributed by atoms with Crippen molar-refractivity contribution in [3.05, 3.63) is 47.5 Å². The van der Waals surface area contributed by atoms with Gasteiger partial charge >= 0.3 is 0 Å². The molecule has 1 atom stereocenters. The van der Waals surface area contributed by atoms with E-state index in [1.165, 1.54) is 32.1 Å². The standard InChI is InChI=1S/C29H43ClN6O/c30-24-8-6-22(7-9-24)18-27(34-26-12-10-25(31)11-13-26)28(37)35-16-14-29(15-17-35,19-36-21-32-20-33-36)23-4-2-1-3-5-23/h6-9,20-21,23,25-27,34H,1-5,10-19,31H2/t25?,26?,27-/m0/s1. The second kappa shape index (κ2) is 12.3. The third kappa shape index (κ3) is 6.73. The number of nitrogens with two attached hydrogens (primary N) is 1.